The molecule has 1 rings (SSSR count). The summed E-state index contributed by atoms with van der Waals surface area (Å²) in [6.07, 6.45) is 1.92. The third kappa shape index (κ3) is 5.31. The van der Waals surface area contributed by atoms with Crippen LogP contribution in [0.3, 0.4) is 0 Å². The average Bonchev–Trinajstić information content (AvgIpc) is 2.47. The van der Waals surface area contributed by atoms with E-state index in [1.807, 2.05) is 30.3 Å². The van der Waals surface area contributed by atoms with E-state index in [-0.39, 0.29) is 18.2 Å². The molecule has 0 bridgehead atoms. The highest BCUT2D eigenvalue weighted by Gasteiger charge is 2.35. The number of methoxy groups -OCH3 is 1. The van der Waals surface area contributed by atoms with Gasteiger partial charge in [0.05, 0.1) is 13.0 Å². The Balaban J connectivity index is 2.94. The van der Waals surface area contributed by atoms with Gasteiger partial charge in [-0.05, 0) is 32.3 Å². The number of Topliss-reactive ketones (excluding diaryl/α,β-unsaturated/α-hetero) is 1. The summed E-state index contributed by atoms with van der Waals surface area (Å²) in [5.41, 5.74) is 0.201. The topological polar surface area (TPSA) is 52.6 Å². The van der Waals surface area contributed by atoms with Crippen molar-refractivity contribution < 1.29 is 19.1 Å². The summed E-state index contributed by atoms with van der Waals surface area (Å²) in [4.78, 5) is 23.1. The molecule has 0 aliphatic rings. The SMILES string of the molecule is CCOC(=O)CC(CCCC(C)=O)(OC)c1ccccc1. The molecule has 0 radical (unpaired) electrons. The maximum Gasteiger partial charge on any atom is 0.309 e. The van der Waals surface area contributed by atoms with Crippen LogP contribution in [0.5, 0.6) is 0 Å². The van der Waals surface area contributed by atoms with Gasteiger partial charge in [-0.3, -0.25) is 4.79 Å². The number of ketones is 1. The van der Waals surface area contributed by atoms with Gasteiger partial charge < -0.3 is 14.3 Å². The molecule has 4 nitrogen and oxygen atoms in total. The molecule has 0 aliphatic heterocycles. The Morgan fingerprint density at radius 3 is 2.38 bits per heavy atom. The fraction of sp³-hybridized carbons (Fsp3) is 0.529. The van der Waals surface area contributed by atoms with E-state index in [0.29, 0.717) is 25.9 Å². The van der Waals surface area contributed by atoms with Gasteiger partial charge in [0.1, 0.15) is 11.4 Å². The van der Waals surface area contributed by atoms with Gasteiger partial charge in [-0.15, -0.1) is 0 Å². The summed E-state index contributed by atoms with van der Waals surface area (Å²) in [6.45, 7) is 3.70. The van der Waals surface area contributed by atoms with Gasteiger partial charge in [0.15, 0.2) is 0 Å². The molecule has 1 unspecified atom stereocenters. The first-order valence-electron chi connectivity index (χ1n) is 7.30. The van der Waals surface area contributed by atoms with Gasteiger partial charge in [-0.2, -0.15) is 0 Å². The summed E-state index contributed by atoms with van der Waals surface area (Å²) in [7, 11) is 1.60. The van der Waals surface area contributed by atoms with Gasteiger partial charge in [0.2, 0.25) is 0 Å². The zero-order chi connectivity index (χ0) is 15.7. The van der Waals surface area contributed by atoms with Gasteiger partial charge >= 0.3 is 5.97 Å². The van der Waals surface area contributed by atoms with Crippen LogP contribution in [0.2, 0.25) is 0 Å². The summed E-state index contributed by atoms with van der Waals surface area (Å²) < 4.78 is 10.8. The molecule has 116 valence electrons. The average molecular weight is 292 g/mol. The quantitative estimate of drug-likeness (QED) is 0.656. The van der Waals surface area contributed by atoms with Gasteiger partial charge in [-0.25, -0.2) is 0 Å². The number of rotatable bonds is 9. The zero-order valence-electron chi connectivity index (χ0n) is 13.1. The fourth-order valence-corrected chi connectivity index (χ4v) is 2.44. The Hall–Kier alpha value is -1.68. The Kier molecular flexibility index (Phi) is 7.09. The number of ether oxygens (including phenoxy) is 2. The highest BCUT2D eigenvalue weighted by Crippen LogP contribution is 2.34. The molecule has 1 aromatic rings. The molecule has 0 N–H and O–H groups in total. The second-order valence-corrected chi connectivity index (χ2v) is 5.10. The summed E-state index contributed by atoms with van der Waals surface area (Å²) in [5.74, 6) is -0.143. The Bertz CT molecular complexity index is 455. The van der Waals surface area contributed by atoms with Crippen molar-refractivity contribution in [1.82, 2.24) is 0 Å². The first kappa shape index (κ1) is 17.4. The largest absolute Gasteiger partial charge is 0.466 e. The molecule has 1 aromatic carbocycles. The van der Waals surface area contributed by atoms with Crippen LogP contribution in [0.1, 0.15) is 45.1 Å². The molecule has 0 saturated heterocycles. The van der Waals surface area contributed by atoms with Gasteiger partial charge in [0, 0.05) is 13.5 Å². The molecule has 0 fully saturated rings. The van der Waals surface area contributed by atoms with Gasteiger partial charge in [-0.1, -0.05) is 30.3 Å². The summed E-state index contributed by atoms with van der Waals surface area (Å²) >= 11 is 0. The first-order chi connectivity index (χ1) is 10.0. The van der Waals surface area contributed by atoms with E-state index in [2.05, 4.69) is 0 Å². The van der Waals surface area contributed by atoms with Crippen molar-refractivity contribution in [3.63, 3.8) is 0 Å². The molecule has 1 atom stereocenters. The highest BCUT2D eigenvalue weighted by atomic mass is 16.5. The van der Waals surface area contributed by atoms with E-state index in [4.69, 9.17) is 9.47 Å². The Morgan fingerprint density at radius 2 is 1.86 bits per heavy atom. The van der Waals surface area contributed by atoms with E-state index in [1.165, 1.54) is 0 Å². The number of esters is 1. The maximum absolute atomic E-state index is 11.9. The van der Waals surface area contributed by atoms with E-state index < -0.39 is 5.60 Å². The highest BCUT2D eigenvalue weighted by molar-refractivity contribution is 5.75. The lowest BCUT2D eigenvalue weighted by Crippen LogP contribution is -2.32. The molecule has 0 amide bonds. The van der Waals surface area contributed by atoms with Crippen molar-refractivity contribution >= 4 is 11.8 Å². The molecule has 0 heterocycles. The van der Waals surface area contributed by atoms with Gasteiger partial charge in [0.25, 0.3) is 0 Å². The second-order valence-electron chi connectivity index (χ2n) is 5.10. The molecule has 0 spiro atoms. The van der Waals surface area contributed by atoms with Crippen molar-refractivity contribution in [3.8, 4) is 0 Å². The van der Waals surface area contributed by atoms with Crippen LogP contribution in [0.25, 0.3) is 0 Å². The van der Waals surface area contributed by atoms with Crippen molar-refractivity contribution in [2.45, 2.75) is 45.1 Å². The molecular formula is C17H24O4. The standard InChI is InChI=1S/C17H24O4/c1-4-21-16(19)13-17(20-3,12-8-9-14(2)18)15-10-6-5-7-11-15/h5-7,10-11H,4,8-9,12-13H2,1-3H3. The lowest BCUT2D eigenvalue weighted by Gasteiger charge is -2.32. The Labute approximate surface area is 126 Å². The normalized spacial score (nSPS) is 13.5. The fourth-order valence-electron chi connectivity index (χ4n) is 2.44. The Morgan fingerprint density at radius 1 is 1.19 bits per heavy atom. The van der Waals surface area contributed by atoms with Crippen LogP contribution in [-0.4, -0.2) is 25.5 Å². The lowest BCUT2D eigenvalue weighted by molar-refractivity contribution is -0.151. The third-order valence-electron chi connectivity index (χ3n) is 3.54. The summed E-state index contributed by atoms with van der Waals surface area (Å²) in [6, 6.07) is 9.63. The van der Waals surface area contributed by atoms with Crippen molar-refractivity contribution in [1.29, 1.82) is 0 Å². The maximum atomic E-state index is 11.9. The number of benzene rings is 1. The van der Waals surface area contributed by atoms with Crippen LogP contribution >= 0.6 is 0 Å². The van der Waals surface area contributed by atoms with Crippen molar-refractivity contribution in [2.75, 3.05) is 13.7 Å². The van der Waals surface area contributed by atoms with Crippen LogP contribution < -0.4 is 0 Å². The second kappa shape index (κ2) is 8.57. The van der Waals surface area contributed by atoms with E-state index in [0.717, 1.165) is 5.56 Å². The predicted octanol–water partition coefficient (Wildman–Crippen LogP) is 3.24. The summed E-state index contributed by atoms with van der Waals surface area (Å²) in [5, 5.41) is 0. The van der Waals surface area contributed by atoms with Crippen LogP contribution in [0, 0.1) is 0 Å². The minimum Gasteiger partial charge on any atom is -0.466 e. The van der Waals surface area contributed by atoms with E-state index >= 15 is 0 Å². The van der Waals surface area contributed by atoms with Crippen LogP contribution in [0.4, 0.5) is 0 Å². The first-order valence-corrected chi connectivity index (χ1v) is 7.30. The van der Waals surface area contributed by atoms with E-state index in [9.17, 15) is 9.59 Å². The predicted molar refractivity (Wildman–Crippen MR) is 80.9 cm³/mol. The molecule has 4 heteroatoms. The van der Waals surface area contributed by atoms with Crippen LogP contribution in [-0.2, 0) is 24.7 Å². The molecule has 21 heavy (non-hydrogen) atoms. The molecule has 0 saturated carbocycles. The molecule has 0 aromatic heterocycles. The number of carbonyl (C=O) groups is 2. The zero-order valence-corrected chi connectivity index (χ0v) is 13.1. The molecular weight excluding hydrogens is 268 g/mol. The minimum atomic E-state index is -0.733. The smallest absolute Gasteiger partial charge is 0.309 e. The number of carbonyl (C=O) groups excluding carboxylic acids is 2. The third-order valence-corrected chi connectivity index (χ3v) is 3.54. The number of hydrogen-bond donors (Lipinski definition) is 0. The lowest BCUT2D eigenvalue weighted by atomic mass is 9.85. The monoisotopic (exact) mass is 292 g/mol. The number of hydrogen-bond acceptors (Lipinski definition) is 4. The van der Waals surface area contributed by atoms with E-state index in [1.54, 1.807) is 21.0 Å². The van der Waals surface area contributed by atoms with Crippen molar-refractivity contribution in [2.24, 2.45) is 0 Å². The van der Waals surface area contributed by atoms with Crippen molar-refractivity contribution in [3.05, 3.63) is 35.9 Å². The molecule has 0 aliphatic carbocycles. The minimum absolute atomic E-state index is 0.143. The van der Waals surface area contributed by atoms with Crippen LogP contribution in [0.15, 0.2) is 30.3 Å².